The molecular formula is C37H26N4. The third-order valence-corrected chi connectivity index (χ3v) is 8.01. The Morgan fingerprint density at radius 3 is 2.24 bits per heavy atom. The van der Waals surface area contributed by atoms with Crippen molar-refractivity contribution in [1.82, 2.24) is 19.9 Å². The number of dihydropyridines is 1. The number of nitrogens with zero attached hydrogens (tertiary/aromatic N) is 3. The Kier molecular flexibility index (Phi) is 5.49. The molecule has 0 aliphatic carbocycles. The van der Waals surface area contributed by atoms with E-state index in [-0.39, 0.29) is 6.04 Å². The van der Waals surface area contributed by atoms with E-state index in [0.29, 0.717) is 0 Å². The van der Waals surface area contributed by atoms with Crippen LogP contribution in [0.5, 0.6) is 0 Å². The molecule has 0 saturated heterocycles. The molecule has 3 aromatic heterocycles. The maximum Gasteiger partial charge on any atom is 0.0868 e. The Bertz CT molecular complexity index is 2060. The van der Waals surface area contributed by atoms with Crippen LogP contribution in [0.2, 0.25) is 0 Å². The van der Waals surface area contributed by atoms with Crippen LogP contribution in [0.4, 0.5) is 0 Å². The van der Waals surface area contributed by atoms with Gasteiger partial charge in [0.2, 0.25) is 0 Å². The fourth-order valence-electron chi connectivity index (χ4n) is 5.87. The van der Waals surface area contributed by atoms with Gasteiger partial charge < -0.3 is 9.88 Å². The number of allylic oxidation sites excluding steroid dienone is 2. The molecule has 1 N–H and O–H groups in total. The lowest BCUT2D eigenvalue weighted by Gasteiger charge is -2.19. The largest absolute Gasteiger partial charge is 0.379 e. The standard InChI is InChI=1S/C37H26N4/c1-2-6-27-21-28(10-9-25(27)5-1)30-14-18-35(40-23-30)34-17-13-29(22-39-34)26-11-15-31(16-12-26)41-36-8-4-3-7-32(36)33-24-38-20-19-37(33)41/h1-24,35,40H. The van der Waals surface area contributed by atoms with Crippen LogP contribution >= 0.6 is 0 Å². The molecule has 0 fully saturated rings. The molecule has 4 aromatic carbocycles. The van der Waals surface area contributed by atoms with Gasteiger partial charge in [-0.1, -0.05) is 84.9 Å². The van der Waals surface area contributed by atoms with Gasteiger partial charge in [-0.15, -0.1) is 0 Å². The normalized spacial score (nSPS) is 14.8. The molecule has 8 rings (SSSR count). The van der Waals surface area contributed by atoms with Crippen LogP contribution < -0.4 is 5.32 Å². The molecule has 4 heteroatoms. The Labute approximate surface area is 237 Å². The molecule has 1 aliphatic rings. The molecule has 1 unspecified atom stereocenters. The number of aromatic nitrogens is 3. The number of rotatable bonds is 4. The lowest BCUT2D eigenvalue weighted by molar-refractivity contribution is 0.724. The quantitative estimate of drug-likeness (QED) is 0.250. The highest BCUT2D eigenvalue weighted by molar-refractivity contribution is 6.08. The molecule has 1 aliphatic heterocycles. The zero-order chi connectivity index (χ0) is 27.2. The second-order valence-corrected chi connectivity index (χ2v) is 10.4. The molecule has 4 nitrogen and oxygen atoms in total. The lowest BCUT2D eigenvalue weighted by atomic mass is 9.98. The van der Waals surface area contributed by atoms with Crippen molar-refractivity contribution in [3.63, 3.8) is 0 Å². The van der Waals surface area contributed by atoms with Crippen LogP contribution in [0.25, 0.3) is 55.0 Å². The van der Waals surface area contributed by atoms with Crippen molar-refractivity contribution in [2.24, 2.45) is 0 Å². The molecule has 7 aromatic rings. The van der Waals surface area contributed by atoms with E-state index in [4.69, 9.17) is 4.98 Å². The van der Waals surface area contributed by atoms with Gasteiger partial charge in [0.15, 0.2) is 0 Å². The van der Waals surface area contributed by atoms with Crippen LogP contribution in [-0.2, 0) is 0 Å². The van der Waals surface area contributed by atoms with Gasteiger partial charge in [0, 0.05) is 46.8 Å². The number of hydrogen-bond acceptors (Lipinski definition) is 3. The molecular weight excluding hydrogens is 500 g/mol. The highest BCUT2D eigenvalue weighted by Gasteiger charge is 2.14. The molecule has 4 heterocycles. The summed E-state index contributed by atoms with van der Waals surface area (Å²) in [5.74, 6) is 0. The van der Waals surface area contributed by atoms with Gasteiger partial charge in [-0.05, 0) is 63.9 Å². The van der Waals surface area contributed by atoms with E-state index in [9.17, 15) is 0 Å². The first-order valence-corrected chi connectivity index (χ1v) is 13.9. The molecule has 0 amide bonds. The zero-order valence-electron chi connectivity index (χ0n) is 22.3. The Hall–Kier alpha value is -5.48. The second kappa shape index (κ2) is 9.61. The summed E-state index contributed by atoms with van der Waals surface area (Å²) < 4.78 is 2.30. The summed E-state index contributed by atoms with van der Waals surface area (Å²) in [6.07, 6.45) is 12.2. The third kappa shape index (κ3) is 4.09. The van der Waals surface area contributed by atoms with Crippen molar-refractivity contribution in [2.45, 2.75) is 6.04 Å². The van der Waals surface area contributed by atoms with Crippen molar-refractivity contribution in [2.75, 3.05) is 0 Å². The number of para-hydroxylation sites is 1. The lowest BCUT2D eigenvalue weighted by Crippen LogP contribution is -2.17. The molecule has 0 saturated carbocycles. The number of fused-ring (bicyclic) bond motifs is 4. The first-order valence-electron chi connectivity index (χ1n) is 13.9. The number of nitrogens with one attached hydrogen (secondary N) is 1. The maximum absolute atomic E-state index is 4.82. The van der Waals surface area contributed by atoms with Gasteiger partial charge in [0.05, 0.1) is 22.8 Å². The van der Waals surface area contributed by atoms with Crippen LogP contribution in [0, 0.1) is 0 Å². The van der Waals surface area contributed by atoms with E-state index in [0.717, 1.165) is 33.4 Å². The van der Waals surface area contributed by atoms with Gasteiger partial charge in [-0.3, -0.25) is 9.97 Å². The summed E-state index contributed by atoms with van der Waals surface area (Å²) >= 11 is 0. The molecule has 0 radical (unpaired) electrons. The smallest absolute Gasteiger partial charge is 0.0868 e. The van der Waals surface area contributed by atoms with E-state index < -0.39 is 0 Å². The number of benzene rings is 4. The fraction of sp³-hybridized carbons (Fsp3) is 0.0270. The Morgan fingerprint density at radius 1 is 0.634 bits per heavy atom. The van der Waals surface area contributed by atoms with E-state index in [1.165, 1.54) is 32.8 Å². The molecule has 1 atom stereocenters. The van der Waals surface area contributed by atoms with Gasteiger partial charge in [-0.25, -0.2) is 0 Å². The van der Waals surface area contributed by atoms with E-state index in [1.807, 2.05) is 18.6 Å². The Balaban J connectivity index is 1.02. The summed E-state index contributed by atoms with van der Waals surface area (Å²) in [5.41, 5.74) is 9.07. The van der Waals surface area contributed by atoms with E-state index in [2.05, 4.69) is 142 Å². The zero-order valence-corrected chi connectivity index (χ0v) is 22.3. The van der Waals surface area contributed by atoms with Gasteiger partial charge in [0.25, 0.3) is 0 Å². The molecule has 0 bridgehead atoms. The fourth-order valence-corrected chi connectivity index (χ4v) is 5.87. The highest BCUT2D eigenvalue weighted by Crippen LogP contribution is 2.32. The average molecular weight is 527 g/mol. The first-order chi connectivity index (χ1) is 20.3. The summed E-state index contributed by atoms with van der Waals surface area (Å²) in [7, 11) is 0. The van der Waals surface area contributed by atoms with E-state index >= 15 is 0 Å². The van der Waals surface area contributed by atoms with Crippen molar-refractivity contribution >= 4 is 38.2 Å². The monoisotopic (exact) mass is 526 g/mol. The SMILES string of the molecule is C1=CC(c2ccc(-c3ccc(-n4c5ccccc5c5cnccc54)cc3)cn2)NC=C1c1ccc2ccccc2c1. The predicted octanol–water partition coefficient (Wildman–Crippen LogP) is 8.64. The van der Waals surface area contributed by atoms with Crippen LogP contribution in [0.15, 0.2) is 146 Å². The number of hydrogen-bond donors (Lipinski definition) is 1. The van der Waals surface area contributed by atoms with Crippen LogP contribution in [-0.4, -0.2) is 14.5 Å². The minimum absolute atomic E-state index is 0.0421. The predicted molar refractivity (Wildman–Crippen MR) is 169 cm³/mol. The summed E-state index contributed by atoms with van der Waals surface area (Å²) in [5, 5.41) is 8.40. The van der Waals surface area contributed by atoms with Crippen LogP contribution in [0.1, 0.15) is 17.3 Å². The van der Waals surface area contributed by atoms with Gasteiger partial charge >= 0.3 is 0 Å². The minimum atomic E-state index is 0.0421. The summed E-state index contributed by atoms with van der Waals surface area (Å²) in [6, 6.07) is 38.6. The minimum Gasteiger partial charge on any atom is -0.379 e. The Morgan fingerprint density at radius 2 is 1.41 bits per heavy atom. The van der Waals surface area contributed by atoms with E-state index in [1.54, 1.807) is 0 Å². The van der Waals surface area contributed by atoms with Crippen molar-refractivity contribution in [3.8, 4) is 16.8 Å². The third-order valence-electron chi connectivity index (χ3n) is 8.01. The van der Waals surface area contributed by atoms with Crippen molar-refractivity contribution in [3.05, 3.63) is 157 Å². The molecule has 41 heavy (non-hydrogen) atoms. The maximum atomic E-state index is 4.82. The van der Waals surface area contributed by atoms with Gasteiger partial charge in [0.1, 0.15) is 0 Å². The first kappa shape index (κ1) is 23.4. The van der Waals surface area contributed by atoms with Gasteiger partial charge in [-0.2, -0.15) is 0 Å². The van der Waals surface area contributed by atoms with Crippen molar-refractivity contribution in [1.29, 1.82) is 0 Å². The summed E-state index contributed by atoms with van der Waals surface area (Å²) in [6.45, 7) is 0. The summed E-state index contributed by atoms with van der Waals surface area (Å²) in [4.78, 5) is 9.18. The molecule has 194 valence electrons. The molecule has 0 spiro atoms. The van der Waals surface area contributed by atoms with Crippen LogP contribution in [0.3, 0.4) is 0 Å². The average Bonchev–Trinajstić information content (AvgIpc) is 3.39. The second-order valence-electron chi connectivity index (χ2n) is 10.4. The highest BCUT2D eigenvalue weighted by atomic mass is 15.0. The number of pyridine rings is 2. The van der Waals surface area contributed by atoms with Crippen molar-refractivity contribution < 1.29 is 0 Å². The topological polar surface area (TPSA) is 42.7 Å².